The summed E-state index contributed by atoms with van der Waals surface area (Å²) in [7, 11) is 0. The predicted molar refractivity (Wildman–Crippen MR) is 93.9 cm³/mol. The summed E-state index contributed by atoms with van der Waals surface area (Å²) in [5.74, 6) is 5.19. The molecule has 1 saturated heterocycles. The van der Waals surface area contributed by atoms with Gasteiger partial charge in [0, 0.05) is 35.3 Å². The third-order valence-corrected chi connectivity index (χ3v) is 5.24. The summed E-state index contributed by atoms with van der Waals surface area (Å²) < 4.78 is 6.50. The molecule has 1 spiro atoms. The van der Waals surface area contributed by atoms with Crippen LogP contribution < -0.4 is 10.7 Å². The third kappa shape index (κ3) is 3.00. The number of halogens is 2. The van der Waals surface area contributed by atoms with E-state index in [0.29, 0.717) is 6.54 Å². The van der Waals surface area contributed by atoms with E-state index in [-0.39, 0.29) is 16.3 Å². The first kappa shape index (κ1) is 16.4. The van der Waals surface area contributed by atoms with Crippen molar-refractivity contribution in [2.45, 2.75) is 18.3 Å². The summed E-state index contributed by atoms with van der Waals surface area (Å²) in [6, 6.07) is 6.21. The van der Waals surface area contributed by atoms with Crippen LogP contribution in [0.4, 0.5) is 5.69 Å². The van der Waals surface area contributed by atoms with E-state index < -0.39 is 0 Å². The van der Waals surface area contributed by atoms with E-state index in [1.165, 1.54) is 11.8 Å². The second-order valence-corrected chi connectivity index (χ2v) is 7.02. The standard InChI is InChI=1S/C15H17BrClN5O/c16-10-1-2-11-13(7-10)22(14(18)12(17)8-20-21-19)9-15(11)3-5-23-6-4-15/h1-2,7-8,18H,3-6,9H2,(H2,19,20)/b12-8+,18-14?. The van der Waals surface area contributed by atoms with Gasteiger partial charge in [-0.05, 0) is 30.5 Å². The quantitative estimate of drug-likeness (QED) is 0.262. The molecule has 0 saturated carbocycles. The summed E-state index contributed by atoms with van der Waals surface area (Å²) in [6.07, 6.45) is 3.17. The van der Waals surface area contributed by atoms with Crippen molar-refractivity contribution in [3.63, 3.8) is 0 Å². The van der Waals surface area contributed by atoms with Gasteiger partial charge in [0.1, 0.15) is 10.9 Å². The maximum absolute atomic E-state index is 8.41. The molecule has 3 N–H and O–H groups in total. The van der Waals surface area contributed by atoms with Crippen LogP contribution in [0, 0.1) is 5.41 Å². The lowest BCUT2D eigenvalue weighted by Gasteiger charge is -2.34. The number of anilines is 1. The number of hydrogen-bond acceptors (Lipinski definition) is 4. The summed E-state index contributed by atoms with van der Waals surface area (Å²) in [5, 5.41) is 15.3. The molecule has 0 atom stereocenters. The minimum Gasteiger partial charge on any atom is -0.381 e. The number of nitrogens with one attached hydrogen (secondary N) is 1. The number of benzene rings is 1. The van der Waals surface area contributed by atoms with Crippen LogP contribution in [0.25, 0.3) is 0 Å². The average Bonchev–Trinajstić information content (AvgIpc) is 2.86. The van der Waals surface area contributed by atoms with Gasteiger partial charge in [-0.25, -0.2) is 0 Å². The van der Waals surface area contributed by atoms with Gasteiger partial charge in [-0.1, -0.05) is 38.8 Å². The Labute approximate surface area is 148 Å². The van der Waals surface area contributed by atoms with Crippen LogP contribution >= 0.6 is 27.5 Å². The van der Waals surface area contributed by atoms with Crippen molar-refractivity contribution in [1.82, 2.24) is 0 Å². The van der Waals surface area contributed by atoms with Crippen LogP contribution in [0.2, 0.25) is 0 Å². The zero-order valence-electron chi connectivity index (χ0n) is 12.4. The fourth-order valence-corrected chi connectivity index (χ4v) is 3.81. The fraction of sp³-hybridized carbons (Fsp3) is 0.400. The Morgan fingerprint density at radius 3 is 2.87 bits per heavy atom. The van der Waals surface area contributed by atoms with Crippen LogP contribution in [-0.4, -0.2) is 25.6 Å². The Bertz CT molecular complexity index is 684. The molecule has 6 nitrogen and oxygen atoms in total. The van der Waals surface area contributed by atoms with Gasteiger partial charge in [-0.2, -0.15) is 0 Å². The first-order valence-corrected chi connectivity index (χ1v) is 8.44. The molecular formula is C15H17BrClN5O. The molecule has 1 aromatic carbocycles. The van der Waals surface area contributed by atoms with Crippen LogP contribution in [0.3, 0.4) is 0 Å². The molecule has 0 aromatic heterocycles. The molecular weight excluding hydrogens is 382 g/mol. The van der Waals surface area contributed by atoms with Gasteiger partial charge in [0.05, 0.1) is 6.20 Å². The van der Waals surface area contributed by atoms with Crippen molar-refractivity contribution >= 4 is 39.1 Å². The molecule has 1 fully saturated rings. The van der Waals surface area contributed by atoms with E-state index in [1.807, 2.05) is 17.0 Å². The molecule has 0 radical (unpaired) electrons. The van der Waals surface area contributed by atoms with E-state index in [1.54, 1.807) is 0 Å². The molecule has 0 unspecified atom stereocenters. The van der Waals surface area contributed by atoms with Gasteiger partial charge in [0.15, 0.2) is 0 Å². The Balaban J connectivity index is 2.00. The Morgan fingerprint density at radius 2 is 2.17 bits per heavy atom. The SMILES string of the molecule is N=C(/C(Cl)=C\N=NN)N1CC2(CCOCC2)c2ccc(Br)cc21. The number of fused-ring (bicyclic) bond motifs is 2. The van der Waals surface area contributed by atoms with E-state index in [9.17, 15) is 0 Å². The van der Waals surface area contributed by atoms with Crippen LogP contribution in [0.15, 0.2) is 44.2 Å². The largest absolute Gasteiger partial charge is 0.381 e. The monoisotopic (exact) mass is 397 g/mol. The molecule has 0 bridgehead atoms. The van der Waals surface area contributed by atoms with Gasteiger partial charge < -0.3 is 15.5 Å². The van der Waals surface area contributed by atoms with E-state index >= 15 is 0 Å². The first-order chi connectivity index (χ1) is 11.1. The van der Waals surface area contributed by atoms with E-state index in [4.69, 9.17) is 27.6 Å². The highest BCUT2D eigenvalue weighted by molar-refractivity contribution is 9.10. The summed E-state index contributed by atoms with van der Waals surface area (Å²) >= 11 is 9.69. The molecule has 1 aromatic rings. The number of amidine groups is 1. The number of nitrogens with two attached hydrogens (primary N) is 1. The summed E-state index contributed by atoms with van der Waals surface area (Å²) in [6.45, 7) is 2.19. The van der Waals surface area contributed by atoms with Gasteiger partial charge >= 0.3 is 0 Å². The van der Waals surface area contributed by atoms with Crippen LogP contribution in [-0.2, 0) is 10.2 Å². The Morgan fingerprint density at radius 1 is 1.43 bits per heavy atom. The van der Waals surface area contributed by atoms with E-state index in [0.717, 1.165) is 36.2 Å². The van der Waals surface area contributed by atoms with Crippen molar-refractivity contribution < 1.29 is 4.74 Å². The smallest absolute Gasteiger partial charge is 0.146 e. The molecule has 122 valence electrons. The van der Waals surface area contributed by atoms with Crippen molar-refractivity contribution in [1.29, 1.82) is 5.41 Å². The maximum Gasteiger partial charge on any atom is 0.146 e. The third-order valence-electron chi connectivity index (χ3n) is 4.47. The number of rotatable bonds is 2. The topological polar surface area (TPSA) is 87.1 Å². The minimum atomic E-state index is 0.00708. The van der Waals surface area contributed by atoms with Gasteiger partial charge in [-0.3, -0.25) is 5.41 Å². The minimum absolute atomic E-state index is 0.00708. The lowest BCUT2D eigenvalue weighted by Crippen LogP contribution is -2.40. The Kier molecular flexibility index (Phi) is 4.70. The van der Waals surface area contributed by atoms with Crippen molar-refractivity contribution in [3.8, 4) is 0 Å². The Hall–Kier alpha value is -1.44. The van der Waals surface area contributed by atoms with Crippen molar-refractivity contribution in [3.05, 3.63) is 39.5 Å². The molecule has 2 aliphatic heterocycles. The van der Waals surface area contributed by atoms with Gasteiger partial charge in [0.25, 0.3) is 0 Å². The normalized spacial score (nSPS) is 20.3. The van der Waals surface area contributed by atoms with Gasteiger partial charge in [0.2, 0.25) is 0 Å². The van der Waals surface area contributed by atoms with Crippen LogP contribution in [0.5, 0.6) is 0 Å². The molecule has 0 aliphatic carbocycles. The van der Waals surface area contributed by atoms with E-state index in [2.05, 4.69) is 32.3 Å². The predicted octanol–water partition coefficient (Wildman–Crippen LogP) is 3.70. The zero-order valence-corrected chi connectivity index (χ0v) is 14.8. The second-order valence-electron chi connectivity index (χ2n) is 5.70. The second kappa shape index (κ2) is 6.59. The molecule has 23 heavy (non-hydrogen) atoms. The highest BCUT2D eigenvalue weighted by Gasteiger charge is 2.45. The average molecular weight is 399 g/mol. The lowest BCUT2D eigenvalue weighted by molar-refractivity contribution is 0.0559. The highest BCUT2D eigenvalue weighted by Crippen LogP contribution is 2.48. The molecule has 2 heterocycles. The maximum atomic E-state index is 8.41. The molecule has 2 aliphatic rings. The summed E-state index contributed by atoms with van der Waals surface area (Å²) in [5.41, 5.74) is 2.26. The molecule has 0 amide bonds. The lowest BCUT2D eigenvalue weighted by atomic mass is 9.76. The van der Waals surface area contributed by atoms with Crippen molar-refractivity contribution in [2.24, 2.45) is 16.2 Å². The molecule has 3 rings (SSSR count). The summed E-state index contributed by atoms with van der Waals surface area (Å²) in [4.78, 5) is 1.93. The number of ether oxygens (including phenoxy) is 1. The number of nitrogens with zero attached hydrogens (tertiary/aromatic N) is 3. The number of hydrogen-bond donors (Lipinski definition) is 2. The molecule has 8 heteroatoms. The van der Waals surface area contributed by atoms with Crippen molar-refractivity contribution in [2.75, 3.05) is 24.7 Å². The van der Waals surface area contributed by atoms with Gasteiger partial charge in [-0.15, -0.1) is 5.11 Å². The fourth-order valence-electron chi connectivity index (χ4n) is 3.31. The zero-order chi connectivity index (χ0) is 16.4. The first-order valence-electron chi connectivity index (χ1n) is 7.27. The van der Waals surface area contributed by atoms with Crippen LogP contribution in [0.1, 0.15) is 18.4 Å². The highest BCUT2D eigenvalue weighted by atomic mass is 79.9.